The number of carbonyl (C=O) groups is 1. The van der Waals surface area contributed by atoms with Crippen molar-refractivity contribution in [1.29, 1.82) is 0 Å². The summed E-state index contributed by atoms with van der Waals surface area (Å²) in [5.74, 6) is -0.0928. The van der Waals surface area contributed by atoms with Crippen molar-refractivity contribution >= 4 is 34.0 Å². The Bertz CT molecular complexity index is 878. The fraction of sp³-hybridized carbons (Fsp3) is 0.350. The molecule has 0 radical (unpaired) electrons. The molecule has 8 heteroatoms. The van der Waals surface area contributed by atoms with Crippen molar-refractivity contribution in [2.24, 2.45) is 0 Å². The van der Waals surface area contributed by atoms with Crippen molar-refractivity contribution < 1.29 is 13.2 Å². The number of rotatable bonds is 6. The summed E-state index contributed by atoms with van der Waals surface area (Å²) in [6, 6.07) is 13.9. The lowest BCUT2D eigenvalue weighted by Gasteiger charge is -2.25. The normalized spacial score (nSPS) is 14.9. The van der Waals surface area contributed by atoms with E-state index in [-0.39, 0.29) is 24.7 Å². The van der Waals surface area contributed by atoms with Crippen LogP contribution in [0.25, 0.3) is 0 Å². The SMILES string of the molecule is Cl.Nc1ccc(CC(=O)NCc2ccc(S(=O)(=O)N3CCCCC3)cc2)cc1. The van der Waals surface area contributed by atoms with Crippen LogP contribution < -0.4 is 11.1 Å². The number of sulfonamides is 1. The van der Waals surface area contributed by atoms with Gasteiger partial charge >= 0.3 is 0 Å². The van der Waals surface area contributed by atoms with Crippen molar-refractivity contribution in [2.75, 3.05) is 18.8 Å². The molecule has 3 N–H and O–H groups in total. The number of halogens is 1. The van der Waals surface area contributed by atoms with Gasteiger partial charge in [0.1, 0.15) is 0 Å². The Morgan fingerprint density at radius 3 is 2.11 bits per heavy atom. The molecule has 0 aliphatic carbocycles. The molecule has 0 spiro atoms. The van der Waals surface area contributed by atoms with Gasteiger partial charge in [-0.2, -0.15) is 4.31 Å². The van der Waals surface area contributed by atoms with Crippen molar-refractivity contribution in [3.63, 3.8) is 0 Å². The summed E-state index contributed by atoms with van der Waals surface area (Å²) in [5, 5.41) is 2.85. The van der Waals surface area contributed by atoms with Gasteiger partial charge in [0.15, 0.2) is 0 Å². The molecule has 1 fully saturated rings. The fourth-order valence-corrected chi connectivity index (χ4v) is 4.63. The number of piperidine rings is 1. The first-order chi connectivity index (χ1) is 12.9. The first-order valence-corrected chi connectivity index (χ1v) is 10.6. The van der Waals surface area contributed by atoms with E-state index in [4.69, 9.17) is 5.73 Å². The third-order valence-electron chi connectivity index (χ3n) is 4.71. The molecule has 1 aliphatic heterocycles. The first-order valence-electron chi connectivity index (χ1n) is 9.15. The van der Waals surface area contributed by atoms with Crippen LogP contribution in [0.15, 0.2) is 53.4 Å². The van der Waals surface area contributed by atoms with E-state index >= 15 is 0 Å². The molecule has 1 amide bonds. The summed E-state index contributed by atoms with van der Waals surface area (Å²) in [7, 11) is -3.42. The highest BCUT2D eigenvalue weighted by Crippen LogP contribution is 2.20. The predicted molar refractivity (Wildman–Crippen MR) is 113 cm³/mol. The van der Waals surface area contributed by atoms with E-state index in [2.05, 4.69) is 5.32 Å². The van der Waals surface area contributed by atoms with Gasteiger partial charge in [0.25, 0.3) is 0 Å². The first kappa shape index (κ1) is 22.2. The largest absolute Gasteiger partial charge is 0.399 e. The maximum atomic E-state index is 12.6. The van der Waals surface area contributed by atoms with Gasteiger partial charge in [0.05, 0.1) is 11.3 Å². The second kappa shape index (κ2) is 9.91. The quantitative estimate of drug-likeness (QED) is 0.698. The maximum Gasteiger partial charge on any atom is 0.243 e. The smallest absolute Gasteiger partial charge is 0.243 e. The monoisotopic (exact) mass is 423 g/mol. The molecule has 152 valence electrons. The average Bonchev–Trinajstić information content (AvgIpc) is 2.69. The van der Waals surface area contributed by atoms with Crippen LogP contribution in [-0.2, 0) is 27.8 Å². The van der Waals surface area contributed by atoms with Crippen molar-refractivity contribution in [1.82, 2.24) is 9.62 Å². The number of anilines is 1. The molecule has 0 unspecified atom stereocenters. The number of amides is 1. The van der Waals surface area contributed by atoms with Crippen molar-refractivity contribution in [2.45, 2.75) is 37.1 Å². The molecule has 1 heterocycles. The summed E-state index contributed by atoms with van der Waals surface area (Å²) in [5.41, 5.74) is 8.05. The Labute approximate surface area is 172 Å². The lowest BCUT2D eigenvalue weighted by Crippen LogP contribution is -2.35. The topological polar surface area (TPSA) is 92.5 Å². The zero-order valence-electron chi connectivity index (χ0n) is 15.6. The van der Waals surface area contributed by atoms with Crippen LogP contribution in [-0.4, -0.2) is 31.7 Å². The van der Waals surface area contributed by atoms with Crippen LogP contribution in [0.5, 0.6) is 0 Å². The predicted octanol–water partition coefficient (Wildman–Crippen LogP) is 2.72. The molecule has 0 saturated carbocycles. The molecule has 0 atom stereocenters. The van der Waals surface area contributed by atoms with Gasteiger partial charge in [0, 0.05) is 25.3 Å². The molecule has 28 heavy (non-hydrogen) atoms. The molecule has 0 bridgehead atoms. The molecule has 0 aromatic heterocycles. The average molecular weight is 424 g/mol. The summed E-state index contributed by atoms with van der Waals surface area (Å²) in [6.07, 6.45) is 3.19. The maximum absolute atomic E-state index is 12.6. The fourth-order valence-electron chi connectivity index (χ4n) is 3.12. The number of nitrogens with one attached hydrogen (secondary N) is 1. The molecular weight excluding hydrogens is 398 g/mol. The van der Waals surface area contributed by atoms with E-state index in [1.165, 1.54) is 0 Å². The van der Waals surface area contributed by atoms with Crippen LogP contribution in [0.4, 0.5) is 5.69 Å². The number of nitrogens with two attached hydrogens (primary N) is 1. The van der Waals surface area contributed by atoms with Crippen LogP contribution >= 0.6 is 12.4 Å². The van der Waals surface area contributed by atoms with Gasteiger partial charge in [-0.25, -0.2) is 8.42 Å². The number of carbonyl (C=O) groups excluding carboxylic acids is 1. The van der Waals surface area contributed by atoms with Crippen LogP contribution in [0.1, 0.15) is 30.4 Å². The third kappa shape index (κ3) is 5.70. The highest BCUT2D eigenvalue weighted by Gasteiger charge is 2.25. The van der Waals surface area contributed by atoms with Crippen molar-refractivity contribution in [3.05, 3.63) is 59.7 Å². The number of hydrogen-bond acceptors (Lipinski definition) is 4. The summed E-state index contributed by atoms with van der Waals surface area (Å²) in [6.45, 7) is 1.54. The Morgan fingerprint density at radius 1 is 0.929 bits per heavy atom. The Kier molecular flexibility index (Phi) is 7.86. The Morgan fingerprint density at radius 2 is 1.50 bits per heavy atom. The highest BCUT2D eigenvalue weighted by molar-refractivity contribution is 7.89. The lowest BCUT2D eigenvalue weighted by atomic mass is 10.1. The zero-order chi connectivity index (χ0) is 19.3. The summed E-state index contributed by atoms with van der Waals surface area (Å²) >= 11 is 0. The molecule has 6 nitrogen and oxygen atoms in total. The van der Waals surface area contributed by atoms with Crippen LogP contribution in [0.3, 0.4) is 0 Å². The van der Waals surface area contributed by atoms with E-state index in [0.717, 1.165) is 30.4 Å². The Balaban J connectivity index is 0.00000280. The minimum absolute atomic E-state index is 0. The number of nitrogen functional groups attached to an aromatic ring is 1. The van der Waals surface area contributed by atoms with E-state index in [1.807, 2.05) is 12.1 Å². The van der Waals surface area contributed by atoms with E-state index in [9.17, 15) is 13.2 Å². The molecule has 2 aromatic rings. The molecule has 1 aliphatic rings. The molecule has 1 saturated heterocycles. The van der Waals surface area contributed by atoms with Crippen molar-refractivity contribution in [3.8, 4) is 0 Å². The van der Waals surface area contributed by atoms with Gasteiger partial charge in [-0.15, -0.1) is 12.4 Å². The van der Waals surface area contributed by atoms with Crippen LogP contribution in [0.2, 0.25) is 0 Å². The Hall–Kier alpha value is -2.09. The minimum atomic E-state index is -3.42. The van der Waals surface area contributed by atoms with E-state index in [1.54, 1.807) is 40.7 Å². The standard InChI is InChI=1S/C20H25N3O3S.ClH/c21-18-8-4-16(5-9-18)14-20(24)22-15-17-6-10-19(11-7-17)27(25,26)23-12-2-1-3-13-23;/h4-11H,1-3,12-15,21H2,(H,22,24);1H. The zero-order valence-corrected chi connectivity index (χ0v) is 17.3. The number of benzene rings is 2. The third-order valence-corrected chi connectivity index (χ3v) is 6.62. The van der Waals surface area contributed by atoms with Gasteiger partial charge in [0.2, 0.25) is 15.9 Å². The number of hydrogen-bond donors (Lipinski definition) is 2. The number of nitrogens with zero attached hydrogens (tertiary/aromatic N) is 1. The second-order valence-electron chi connectivity index (χ2n) is 6.80. The second-order valence-corrected chi connectivity index (χ2v) is 8.74. The molecule has 3 rings (SSSR count). The molecule has 2 aromatic carbocycles. The van der Waals surface area contributed by atoms with E-state index < -0.39 is 10.0 Å². The molecular formula is C20H26ClN3O3S. The highest BCUT2D eigenvalue weighted by atomic mass is 35.5. The van der Waals surface area contributed by atoms with Gasteiger partial charge in [-0.1, -0.05) is 30.7 Å². The summed E-state index contributed by atoms with van der Waals surface area (Å²) < 4.78 is 26.8. The van der Waals surface area contributed by atoms with Gasteiger partial charge < -0.3 is 11.1 Å². The van der Waals surface area contributed by atoms with Crippen LogP contribution in [0, 0.1) is 0 Å². The van der Waals surface area contributed by atoms with E-state index in [0.29, 0.717) is 30.2 Å². The minimum Gasteiger partial charge on any atom is -0.399 e. The van der Waals surface area contributed by atoms with Gasteiger partial charge in [-0.05, 0) is 48.2 Å². The summed E-state index contributed by atoms with van der Waals surface area (Å²) in [4.78, 5) is 12.4. The van der Waals surface area contributed by atoms with Gasteiger partial charge in [-0.3, -0.25) is 4.79 Å². The lowest BCUT2D eigenvalue weighted by molar-refractivity contribution is -0.120.